The number of benzene rings is 2. The number of halogens is 2. The second-order valence-electron chi connectivity index (χ2n) is 4.20. The predicted molar refractivity (Wildman–Crippen MR) is 86.5 cm³/mol. The van der Waals surface area contributed by atoms with Gasteiger partial charge in [0.2, 0.25) is 0 Å². The van der Waals surface area contributed by atoms with Crippen LogP contribution in [0.25, 0.3) is 0 Å². The summed E-state index contributed by atoms with van der Waals surface area (Å²) in [5.74, 6) is 0.535. The van der Waals surface area contributed by atoms with E-state index in [0.29, 0.717) is 15.6 Å². The average Bonchev–Trinajstić information content (AvgIpc) is 2.47. The molecule has 1 N–H and O–H groups in total. The zero-order valence-electron chi connectivity index (χ0n) is 11.3. The van der Waals surface area contributed by atoms with Crippen molar-refractivity contribution in [1.29, 1.82) is 0 Å². The van der Waals surface area contributed by atoms with E-state index in [1.165, 1.54) is 6.08 Å². The van der Waals surface area contributed by atoms with E-state index in [0.717, 1.165) is 11.4 Å². The molecular formula is C16H13Cl2NO2. The standard InChI is InChI=1S/C16H13Cl2NO2/c1-21-13-4-2-3-12(10-13)19-8-7-16(20)14-6-5-11(17)9-15(14)18/h2-10,19H,1H3/b8-7+. The number of allylic oxidation sites excluding steroid dienone is 1. The quantitative estimate of drug-likeness (QED) is 0.634. The van der Waals surface area contributed by atoms with Crippen LogP contribution in [0.1, 0.15) is 10.4 Å². The first-order chi connectivity index (χ1) is 10.1. The fourth-order valence-electron chi connectivity index (χ4n) is 1.71. The lowest BCUT2D eigenvalue weighted by Crippen LogP contribution is -1.97. The van der Waals surface area contributed by atoms with Crippen molar-refractivity contribution in [2.45, 2.75) is 0 Å². The van der Waals surface area contributed by atoms with E-state index in [4.69, 9.17) is 27.9 Å². The maximum atomic E-state index is 12.0. The van der Waals surface area contributed by atoms with Crippen molar-refractivity contribution in [3.63, 3.8) is 0 Å². The first kappa shape index (κ1) is 15.4. The zero-order chi connectivity index (χ0) is 15.2. The van der Waals surface area contributed by atoms with E-state index in [9.17, 15) is 4.79 Å². The number of nitrogens with one attached hydrogen (secondary N) is 1. The molecule has 0 aliphatic heterocycles. The molecule has 0 atom stereocenters. The first-order valence-corrected chi connectivity index (χ1v) is 6.92. The highest BCUT2D eigenvalue weighted by Crippen LogP contribution is 2.22. The molecule has 0 radical (unpaired) electrons. The van der Waals surface area contributed by atoms with Gasteiger partial charge in [-0.1, -0.05) is 29.3 Å². The Kier molecular flexibility index (Phi) is 5.26. The molecule has 0 aliphatic rings. The fraction of sp³-hybridized carbons (Fsp3) is 0.0625. The number of anilines is 1. The summed E-state index contributed by atoms with van der Waals surface area (Å²) in [6.45, 7) is 0. The monoisotopic (exact) mass is 321 g/mol. The molecule has 0 fully saturated rings. The predicted octanol–water partition coefficient (Wildman–Crippen LogP) is 4.81. The number of ketones is 1. The molecule has 2 aromatic carbocycles. The van der Waals surface area contributed by atoms with Gasteiger partial charge in [-0.25, -0.2) is 0 Å². The van der Waals surface area contributed by atoms with Gasteiger partial charge in [-0.15, -0.1) is 0 Å². The lowest BCUT2D eigenvalue weighted by Gasteiger charge is -2.04. The number of ether oxygens (including phenoxy) is 1. The van der Waals surface area contributed by atoms with E-state index in [2.05, 4.69) is 5.32 Å². The second-order valence-corrected chi connectivity index (χ2v) is 5.04. The Balaban J connectivity index is 2.05. The number of carbonyl (C=O) groups excluding carboxylic acids is 1. The van der Waals surface area contributed by atoms with Gasteiger partial charge in [-0.3, -0.25) is 4.79 Å². The average molecular weight is 322 g/mol. The Hall–Kier alpha value is -1.97. The molecule has 0 heterocycles. The summed E-state index contributed by atoms with van der Waals surface area (Å²) in [7, 11) is 1.60. The van der Waals surface area contributed by atoms with Crippen molar-refractivity contribution in [3.05, 3.63) is 70.3 Å². The molecule has 0 saturated carbocycles. The van der Waals surface area contributed by atoms with Gasteiger partial charge in [0.25, 0.3) is 0 Å². The Morgan fingerprint density at radius 1 is 1.19 bits per heavy atom. The van der Waals surface area contributed by atoms with Gasteiger partial charge in [0.05, 0.1) is 12.1 Å². The highest BCUT2D eigenvalue weighted by molar-refractivity contribution is 6.37. The van der Waals surface area contributed by atoms with Crippen molar-refractivity contribution in [1.82, 2.24) is 0 Å². The van der Waals surface area contributed by atoms with Gasteiger partial charge < -0.3 is 10.1 Å². The first-order valence-electron chi connectivity index (χ1n) is 6.16. The Morgan fingerprint density at radius 2 is 2.00 bits per heavy atom. The van der Waals surface area contributed by atoms with E-state index in [-0.39, 0.29) is 5.78 Å². The summed E-state index contributed by atoms with van der Waals surface area (Å²) < 4.78 is 5.12. The fourth-order valence-corrected chi connectivity index (χ4v) is 2.21. The van der Waals surface area contributed by atoms with Crippen LogP contribution in [0.15, 0.2) is 54.7 Å². The van der Waals surface area contributed by atoms with Crippen LogP contribution in [0.3, 0.4) is 0 Å². The SMILES string of the molecule is COc1cccc(N/C=C/C(=O)c2ccc(Cl)cc2Cl)c1. The minimum atomic E-state index is -0.202. The van der Waals surface area contributed by atoms with Crippen LogP contribution in [0, 0.1) is 0 Å². The third-order valence-corrected chi connectivity index (χ3v) is 3.30. The number of hydrogen-bond acceptors (Lipinski definition) is 3. The molecular weight excluding hydrogens is 309 g/mol. The van der Waals surface area contributed by atoms with Crippen molar-refractivity contribution < 1.29 is 9.53 Å². The van der Waals surface area contributed by atoms with Crippen LogP contribution in [0.4, 0.5) is 5.69 Å². The molecule has 0 saturated heterocycles. The van der Waals surface area contributed by atoms with E-state index in [1.54, 1.807) is 31.5 Å². The normalized spacial score (nSPS) is 10.6. The molecule has 0 aliphatic carbocycles. The summed E-state index contributed by atoms with van der Waals surface area (Å²) >= 11 is 11.8. The largest absolute Gasteiger partial charge is 0.497 e. The van der Waals surface area contributed by atoms with Gasteiger partial charge >= 0.3 is 0 Å². The molecule has 5 heteroatoms. The Labute approximate surface area is 133 Å². The molecule has 0 amide bonds. The summed E-state index contributed by atoms with van der Waals surface area (Å²) in [6.07, 6.45) is 2.97. The van der Waals surface area contributed by atoms with Gasteiger partial charge in [0, 0.05) is 34.6 Å². The lowest BCUT2D eigenvalue weighted by molar-refractivity contribution is 0.104. The molecule has 108 valence electrons. The van der Waals surface area contributed by atoms with Crippen LogP contribution in [0.2, 0.25) is 10.0 Å². The van der Waals surface area contributed by atoms with Gasteiger partial charge in [-0.05, 0) is 30.3 Å². The molecule has 0 spiro atoms. The smallest absolute Gasteiger partial charge is 0.188 e. The number of rotatable bonds is 5. The van der Waals surface area contributed by atoms with Crippen molar-refractivity contribution >= 4 is 34.7 Å². The highest BCUT2D eigenvalue weighted by Gasteiger charge is 2.07. The summed E-state index contributed by atoms with van der Waals surface area (Å²) in [6, 6.07) is 12.2. The molecule has 2 rings (SSSR count). The minimum absolute atomic E-state index is 0.202. The summed E-state index contributed by atoms with van der Waals surface area (Å²) in [5, 5.41) is 3.83. The van der Waals surface area contributed by atoms with E-state index >= 15 is 0 Å². The Morgan fingerprint density at radius 3 is 2.71 bits per heavy atom. The Bertz CT molecular complexity index is 684. The van der Waals surface area contributed by atoms with Crippen molar-refractivity contribution in [2.75, 3.05) is 12.4 Å². The maximum absolute atomic E-state index is 12.0. The molecule has 0 unspecified atom stereocenters. The van der Waals surface area contributed by atoms with E-state index < -0.39 is 0 Å². The third-order valence-electron chi connectivity index (χ3n) is 2.75. The number of carbonyl (C=O) groups is 1. The second kappa shape index (κ2) is 7.16. The van der Waals surface area contributed by atoms with Crippen LogP contribution < -0.4 is 10.1 Å². The van der Waals surface area contributed by atoms with Crippen molar-refractivity contribution in [3.8, 4) is 5.75 Å². The van der Waals surface area contributed by atoms with Crippen LogP contribution in [-0.4, -0.2) is 12.9 Å². The topological polar surface area (TPSA) is 38.3 Å². The highest BCUT2D eigenvalue weighted by atomic mass is 35.5. The lowest BCUT2D eigenvalue weighted by atomic mass is 10.1. The molecule has 0 bridgehead atoms. The number of methoxy groups -OCH3 is 1. The van der Waals surface area contributed by atoms with E-state index in [1.807, 2.05) is 24.3 Å². The third kappa shape index (κ3) is 4.25. The molecule has 2 aromatic rings. The minimum Gasteiger partial charge on any atom is -0.497 e. The molecule has 0 aromatic heterocycles. The van der Waals surface area contributed by atoms with Crippen molar-refractivity contribution in [2.24, 2.45) is 0 Å². The zero-order valence-corrected chi connectivity index (χ0v) is 12.8. The van der Waals surface area contributed by atoms with Gasteiger partial charge in [0.15, 0.2) is 5.78 Å². The maximum Gasteiger partial charge on any atom is 0.188 e. The molecule has 21 heavy (non-hydrogen) atoms. The van der Waals surface area contributed by atoms with Gasteiger partial charge in [0.1, 0.15) is 5.75 Å². The number of hydrogen-bond donors (Lipinski definition) is 1. The van der Waals surface area contributed by atoms with Crippen LogP contribution in [0.5, 0.6) is 5.75 Å². The van der Waals surface area contributed by atoms with Crippen LogP contribution in [-0.2, 0) is 0 Å². The van der Waals surface area contributed by atoms with Crippen LogP contribution >= 0.6 is 23.2 Å². The molecule has 3 nitrogen and oxygen atoms in total. The summed E-state index contributed by atoms with van der Waals surface area (Å²) in [4.78, 5) is 12.0. The summed E-state index contributed by atoms with van der Waals surface area (Å²) in [5.41, 5.74) is 1.23. The van der Waals surface area contributed by atoms with Gasteiger partial charge in [-0.2, -0.15) is 0 Å².